The normalized spacial score (nSPS) is 16.2. The van der Waals surface area contributed by atoms with Gasteiger partial charge in [0.25, 0.3) is 0 Å². The summed E-state index contributed by atoms with van der Waals surface area (Å²) >= 11 is 0. The van der Waals surface area contributed by atoms with Gasteiger partial charge in [-0.25, -0.2) is 0 Å². The van der Waals surface area contributed by atoms with E-state index in [9.17, 15) is 0 Å². The first-order valence-electron chi connectivity index (χ1n) is 5.23. The Morgan fingerprint density at radius 3 is 2.80 bits per heavy atom. The van der Waals surface area contributed by atoms with Gasteiger partial charge >= 0.3 is 0 Å². The first-order valence-corrected chi connectivity index (χ1v) is 5.23. The van der Waals surface area contributed by atoms with Crippen LogP contribution < -0.4 is 0 Å². The summed E-state index contributed by atoms with van der Waals surface area (Å²) < 4.78 is 2.12. The Morgan fingerprint density at radius 2 is 2.00 bits per heavy atom. The van der Waals surface area contributed by atoms with Gasteiger partial charge in [0.2, 0.25) is 0 Å². The van der Waals surface area contributed by atoms with Gasteiger partial charge in [-0.15, -0.1) is 0 Å². The van der Waals surface area contributed by atoms with E-state index in [0.29, 0.717) is 0 Å². The van der Waals surface area contributed by atoms with Crippen molar-refractivity contribution >= 4 is 0 Å². The summed E-state index contributed by atoms with van der Waals surface area (Å²) in [4.78, 5) is 4.50. The molecule has 2 heteroatoms. The molecule has 0 N–H and O–H groups in total. The fourth-order valence-electron chi connectivity index (χ4n) is 2.54. The summed E-state index contributed by atoms with van der Waals surface area (Å²) in [5.74, 6) is 0. The molecule has 3 rings (SSSR count). The minimum absolute atomic E-state index is 0.0974. The van der Waals surface area contributed by atoms with Gasteiger partial charge in [0.1, 0.15) is 0 Å². The van der Waals surface area contributed by atoms with Crippen LogP contribution in [0.1, 0.15) is 25.0 Å². The predicted octanol–water partition coefficient (Wildman–Crippen LogP) is 2.73. The van der Waals surface area contributed by atoms with Crippen molar-refractivity contribution in [1.29, 1.82) is 0 Å². The average Bonchev–Trinajstić information content (AvgIpc) is 2.68. The summed E-state index contributed by atoms with van der Waals surface area (Å²) in [6, 6.07) is 4.20. The molecule has 0 aromatic carbocycles. The quantitative estimate of drug-likeness (QED) is 0.636. The van der Waals surface area contributed by atoms with E-state index in [4.69, 9.17) is 0 Å². The third-order valence-corrected chi connectivity index (χ3v) is 3.37. The monoisotopic (exact) mass is 198 g/mol. The maximum absolute atomic E-state index is 4.50. The lowest BCUT2D eigenvalue weighted by molar-refractivity contribution is 0.654. The first-order chi connectivity index (χ1) is 7.10. The van der Waals surface area contributed by atoms with Crippen LogP contribution in [0.2, 0.25) is 0 Å². The first kappa shape index (κ1) is 8.72. The molecule has 76 valence electrons. The SMILES string of the molecule is Cn1cc2c(c1)C(C)(C)c1cccnc1-2. The molecule has 1 aliphatic carbocycles. The summed E-state index contributed by atoms with van der Waals surface area (Å²) in [7, 11) is 2.07. The van der Waals surface area contributed by atoms with Crippen molar-refractivity contribution in [1.82, 2.24) is 9.55 Å². The smallest absolute Gasteiger partial charge is 0.0761 e. The van der Waals surface area contributed by atoms with Crippen molar-refractivity contribution in [2.24, 2.45) is 7.05 Å². The van der Waals surface area contributed by atoms with Crippen LogP contribution in [-0.4, -0.2) is 9.55 Å². The van der Waals surface area contributed by atoms with Gasteiger partial charge in [-0.2, -0.15) is 0 Å². The standard InChI is InChI=1S/C13H14N2/c1-13(2)10-5-4-6-14-12(10)9-7-15(3)8-11(9)13/h4-8H,1-3H3. The van der Waals surface area contributed by atoms with Crippen molar-refractivity contribution in [2.45, 2.75) is 19.3 Å². The Kier molecular flexibility index (Phi) is 1.46. The second-order valence-electron chi connectivity index (χ2n) is 4.78. The van der Waals surface area contributed by atoms with Crippen LogP contribution in [0.4, 0.5) is 0 Å². The Labute approximate surface area is 89.6 Å². The summed E-state index contributed by atoms with van der Waals surface area (Å²) in [6.07, 6.45) is 6.24. The largest absolute Gasteiger partial charge is 0.356 e. The van der Waals surface area contributed by atoms with Gasteiger partial charge < -0.3 is 4.57 Å². The average molecular weight is 198 g/mol. The molecular formula is C13H14N2. The number of pyridine rings is 1. The molecule has 0 fully saturated rings. The lowest BCUT2D eigenvalue weighted by atomic mass is 9.84. The fraction of sp³-hybridized carbons (Fsp3) is 0.308. The lowest BCUT2D eigenvalue weighted by Crippen LogP contribution is -2.14. The molecule has 0 saturated carbocycles. The zero-order valence-corrected chi connectivity index (χ0v) is 9.28. The Morgan fingerprint density at radius 1 is 1.20 bits per heavy atom. The van der Waals surface area contributed by atoms with Crippen LogP contribution in [0.3, 0.4) is 0 Å². The van der Waals surface area contributed by atoms with E-state index in [0.717, 1.165) is 5.69 Å². The van der Waals surface area contributed by atoms with Gasteiger partial charge in [-0.3, -0.25) is 4.98 Å². The van der Waals surface area contributed by atoms with E-state index in [1.807, 2.05) is 12.3 Å². The third kappa shape index (κ3) is 0.965. The fourth-order valence-corrected chi connectivity index (χ4v) is 2.54. The van der Waals surface area contributed by atoms with Gasteiger partial charge in [0, 0.05) is 36.6 Å². The van der Waals surface area contributed by atoms with Crippen molar-refractivity contribution in [2.75, 3.05) is 0 Å². The van der Waals surface area contributed by atoms with Gasteiger partial charge in [0.05, 0.1) is 5.69 Å². The second kappa shape index (κ2) is 2.51. The maximum Gasteiger partial charge on any atom is 0.0761 e. The Hall–Kier alpha value is -1.57. The molecule has 0 atom stereocenters. The molecule has 2 heterocycles. The van der Waals surface area contributed by atoms with Gasteiger partial charge in [-0.05, 0) is 17.2 Å². The van der Waals surface area contributed by atoms with Gasteiger partial charge in [0.15, 0.2) is 0 Å². The molecule has 0 saturated heterocycles. The van der Waals surface area contributed by atoms with E-state index >= 15 is 0 Å². The number of rotatable bonds is 0. The zero-order valence-electron chi connectivity index (χ0n) is 9.28. The van der Waals surface area contributed by atoms with Crippen molar-refractivity contribution in [3.05, 3.63) is 41.9 Å². The summed E-state index contributed by atoms with van der Waals surface area (Å²) in [5, 5.41) is 0. The lowest BCUT2D eigenvalue weighted by Gasteiger charge is -2.19. The molecule has 2 aromatic rings. The predicted molar refractivity (Wildman–Crippen MR) is 60.8 cm³/mol. The van der Waals surface area contributed by atoms with Crippen LogP contribution in [0, 0.1) is 0 Å². The number of aryl methyl sites for hydroxylation is 1. The highest BCUT2D eigenvalue weighted by Crippen LogP contribution is 2.47. The molecule has 0 amide bonds. The van der Waals surface area contributed by atoms with Crippen molar-refractivity contribution in [3.63, 3.8) is 0 Å². The molecule has 0 spiro atoms. The van der Waals surface area contributed by atoms with Gasteiger partial charge in [-0.1, -0.05) is 19.9 Å². The topological polar surface area (TPSA) is 17.8 Å². The Bertz CT molecular complexity index is 535. The highest BCUT2D eigenvalue weighted by atomic mass is 14.9. The van der Waals surface area contributed by atoms with E-state index in [-0.39, 0.29) is 5.41 Å². The van der Waals surface area contributed by atoms with Crippen LogP contribution in [-0.2, 0) is 12.5 Å². The number of nitrogens with zero attached hydrogens (tertiary/aromatic N) is 2. The third-order valence-electron chi connectivity index (χ3n) is 3.37. The number of hydrogen-bond acceptors (Lipinski definition) is 1. The maximum atomic E-state index is 4.50. The molecule has 2 aromatic heterocycles. The molecule has 1 aliphatic rings. The number of fused-ring (bicyclic) bond motifs is 3. The van der Waals surface area contributed by atoms with E-state index < -0.39 is 0 Å². The number of aromatic nitrogens is 2. The molecule has 15 heavy (non-hydrogen) atoms. The molecule has 0 unspecified atom stereocenters. The highest BCUT2D eigenvalue weighted by molar-refractivity contribution is 5.77. The molecular weight excluding hydrogens is 184 g/mol. The van der Waals surface area contributed by atoms with E-state index in [1.54, 1.807) is 0 Å². The summed E-state index contributed by atoms with van der Waals surface area (Å²) in [6.45, 7) is 4.53. The van der Waals surface area contributed by atoms with E-state index in [1.165, 1.54) is 16.7 Å². The zero-order chi connectivity index (χ0) is 10.6. The number of hydrogen-bond donors (Lipinski definition) is 0. The highest BCUT2D eigenvalue weighted by Gasteiger charge is 2.37. The Balaban J connectivity index is 2.40. The molecule has 0 aliphatic heterocycles. The van der Waals surface area contributed by atoms with Crippen molar-refractivity contribution in [3.8, 4) is 11.3 Å². The van der Waals surface area contributed by atoms with E-state index in [2.05, 4.69) is 48.9 Å². The minimum atomic E-state index is 0.0974. The molecule has 0 bridgehead atoms. The molecule has 0 radical (unpaired) electrons. The minimum Gasteiger partial charge on any atom is -0.356 e. The molecule has 2 nitrogen and oxygen atoms in total. The van der Waals surface area contributed by atoms with Crippen LogP contribution in [0.15, 0.2) is 30.7 Å². The van der Waals surface area contributed by atoms with Crippen LogP contribution in [0.5, 0.6) is 0 Å². The van der Waals surface area contributed by atoms with Crippen LogP contribution in [0.25, 0.3) is 11.3 Å². The van der Waals surface area contributed by atoms with Crippen molar-refractivity contribution < 1.29 is 0 Å². The van der Waals surface area contributed by atoms with Crippen LogP contribution >= 0.6 is 0 Å². The second-order valence-corrected chi connectivity index (χ2v) is 4.78. The summed E-state index contributed by atoms with van der Waals surface area (Å²) in [5.41, 5.74) is 5.27.